The highest BCUT2D eigenvalue weighted by atomic mass is 79.9. The number of carbonyl (C=O) groups is 1. The van der Waals surface area contributed by atoms with Gasteiger partial charge in [0.05, 0.1) is 12.2 Å². The third-order valence-corrected chi connectivity index (χ3v) is 5.01. The largest absolute Gasteiger partial charge is 0.462 e. The minimum Gasteiger partial charge on any atom is -0.462 e. The van der Waals surface area contributed by atoms with Crippen molar-refractivity contribution >= 4 is 48.6 Å². The normalized spacial score (nSPS) is 10.7. The van der Waals surface area contributed by atoms with Crippen LogP contribution in [0, 0.1) is 0 Å². The molecule has 2 nitrogen and oxygen atoms in total. The quantitative estimate of drug-likeness (QED) is 0.459. The summed E-state index contributed by atoms with van der Waals surface area (Å²) in [6.45, 7) is 2.17. The summed E-state index contributed by atoms with van der Waals surface area (Å²) in [6.07, 6.45) is 0. The van der Waals surface area contributed by atoms with Crippen LogP contribution in [0.4, 0.5) is 0 Å². The lowest BCUT2D eigenvalue weighted by Crippen LogP contribution is -2.06. The SMILES string of the molecule is CCOC(=O)c1cc2c(Br)ccc(Br)c2cc1-c1ccccc1. The van der Waals surface area contributed by atoms with Crippen molar-refractivity contribution in [3.05, 3.63) is 69.1 Å². The van der Waals surface area contributed by atoms with Gasteiger partial charge in [0.25, 0.3) is 0 Å². The lowest BCUT2D eigenvalue weighted by molar-refractivity contribution is 0.0527. The lowest BCUT2D eigenvalue weighted by atomic mass is 9.95. The fourth-order valence-electron chi connectivity index (χ4n) is 2.56. The second-order valence-corrected chi connectivity index (χ2v) is 6.77. The summed E-state index contributed by atoms with van der Waals surface area (Å²) in [5.41, 5.74) is 2.43. The summed E-state index contributed by atoms with van der Waals surface area (Å²) in [7, 11) is 0. The molecule has 0 saturated carbocycles. The van der Waals surface area contributed by atoms with Gasteiger partial charge in [-0.25, -0.2) is 4.79 Å². The molecule has 0 aromatic heterocycles. The molecular weight excluding hydrogens is 420 g/mol. The van der Waals surface area contributed by atoms with Crippen LogP contribution in [0.1, 0.15) is 17.3 Å². The molecule has 23 heavy (non-hydrogen) atoms. The molecule has 0 unspecified atom stereocenters. The Balaban J connectivity index is 2.33. The maximum atomic E-state index is 12.4. The first-order valence-electron chi connectivity index (χ1n) is 7.26. The Kier molecular flexibility index (Phi) is 4.83. The van der Waals surface area contributed by atoms with Crippen LogP contribution in [0.5, 0.6) is 0 Å². The van der Waals surface area contributed by atoms with Gasteiger partial charge in [-0.3, -0.25) is 0 Å². The zero-order chi connectivity index (χ0) is 16.4. The van der Waals surface area contributed by atoms with Crippen molar-refractivity contribution in [2.45, 2.75) is 6.92 Å². The van der Waals surface area contributed by atoms with Gasteiger partial charge in [0.1, 0.15) is 0 Å². The van der Waals surface area contributed by atoms with E-state index in [0.717, 1.165) is 30.8 Å². The molecule has 0 radical (unpaired) electrons. The molecule has 0 aliphatic heterocycles. The first kappa shape index (κ1) is 16.2. The van der Waals surface area contributed by atoms with Crippen LogP contribution in [-0.2, 0) is 4.74 Å². The van der Waals surface area contributed by atoms with Gasteiger partial charge in [0.15, 0.2) is 0 Å². The summed E-state index contributed by atoms with van der Waals surface area (Å²) in [5.74, 6) is -0.305. The van der Waals surface area contributed by atoms with E-state index >= 15 is 0 Å². The maximum absolute atomic E-state index is 12.4. The van der Waals surface area contributed by atoms with Gasteiger partial charge < -0.3 is 4.74 Å². The molecule has 0 amide bonds. The molecule has 0 fully saturated rings. The van der Waals surface area contributed by atoms with E-state index in [9.17, 15) is 4.79 Å². The van der Waals surface area contributed by atoms with Crippen molar-refractivity contribution < 1.29 is 9.53 Å². The lowest BCUT2D eigenvalue weighted by Gasteiger charge is -2.13. The number of hydrogen-bond acceptors (Lipinski definition) is 2. The molecule has 0 bridgehead atoms. The second-order valence-electron chi connectivity index (χ2n) is 5.06. The van der Waals surface area contributed by atoms with Crippen LogP contribution in [0.2, 0.25) is 0 Å². The molecule has 0 heterocycles. The third-order valence-electron chi connectivity index (χ3n) is 3.63. The molecule has 4 heteroatoms. The molecule has 0 atom stereocenters. The first-order valence-corrected chi connectivity index (χ1v) is 8.84. The Morgan fingerprint density at radius 2 is 1.57 bits per heavy atom. The number of benzene rings is 3. The van der Waals surface area contributed by atoms with Gasteiger partial charge in [-0.15, -0.1) is 0 Å². The van der Waals surface area contributed by atoms with Gasteiger partial charge in [-0.1, -0.05) is 62.2 Å². The summed E-state index contributed by atoms with van der Waals surface area (Å²) < 4.78 is 7.18. The minimum atomic E-state index is -0.305. The van der Waals surface area contributed by atoms with Crippen molar-refractivity contribution in [3.8, 4) is 11.1 Å². The number of fused-ring (bicyclic) bond motifs is 1. The molecule has 3 aromatic rings. The monoisotopic (exact) mass is 432 g/mol. The molecule has 0 saturated heterocycles. The molecule has 3 aromatic carbocycles. The van der Waals surface area contributed by atoms with Crippen LogP contribution in [0.15, 0.2) is 63.5 Å². The highest BCUT2D eigenvalue weighted by Gasteiger charge is 2.17. The maximum Gasteiger partial charge on any atom is 0.338 e. The van der Waals surface area contributed by atoms with Gasteiger partial charge >= 0.3 is 5.97 Å². The van der Waals surface area contributed by atoms with E-state index in [1.165, 1.54) is 0 Å². The van der Waals surface area contributed by atoms with E-state index in [1.54, 1.807) is 0 Å². The molecule has 0 aliphatic carbocycles. The molecule has 0 N–H and O–H groups in total. The number of rotatable bonds is 3. The van der Waals surface area contributed by atoms with E-state index in [0.29, 0.717) is 12.2 Å². The molecule has 0 aliphatic rings. The number of esters is 1. The average Bonchev–Trinajstić information content (AvgIpc) is 2.58. The topological polar surface area (TPSA) is 26.3 Å². The summed E-state index contributed by atoms with van der Waals surface area (Å²) >= 11 is 7.15. The summed E-state index contributed by atoms with van der Waals surface area (Å²) in [5, 5.41) is 2.02. The van der Waals surface area contributed by atoms with E-state index in [2.05, 4.69) is 31.9 Å². The van der Waals surface area contributed by atoms with Crippen molar-refractivity contribution in [1.29, 1.82) is 0 Å². The highest BCUT2D eigenvalue weighted by molar-refractivity contribution is 9.11. The zero-order valence-electron chi connectivity index (χ0n) is 12.5. The summed E-state index contributed by atoms with van der Waals surface area (Å²) in [6, 6.07) is 17.8. The Bertz CT molecular complexity index is 873. The number of hydrogen-bond donors (Lipinski definition) is 0. The Hall–Kier alpha value is -1.65. The van der Waals surface area contributed by atoms with Crippen molar-refractivity contribution in [2.75, 3.05) is 6.61 Å². The Morgan fingerprint density at radius 1 is 0.957 bits per heavy atom. The number of carbonyl (C=O) groups excluding carboxylic acids is 1. The van der Waals surface area contributed by atoms with Crippen molar-refractivity contribution in [2.24, 2.45) is 0 Å². The predicted octanol–water partition coefficient (Wildman–Crippen LogP) is 6.21. The van der Waals surface area contributed by atoms with Gasteiger partial charge in [0, 0.05) is 8.95 Å². The smallest absolute Gasteiger partial charge is 0.338 e. The third kappa shape index (κ3) is 3.19. The van der Waals surface area contributed by atoms with E-state index in [4.69, 9.17) is 4.74 Å². The highest BCUT2D eigenvalue weighted by Crippen LogP contribution is 2.36. The van der Waals surface area contributed by atoms with Crippen LogP contribution in [0.25, 0.3) is 21.9 Å². The predicted molar refractivity (Wildman–Crippen MR) is 101 cm³/mol. The average molecular weight is 434 g/mol. The van der Waals surface area contributed by atoms with E-state index in [1.807, 2.05) is 61.5 Å². The van der Waals surface area contributed by atoms with Gasteiger partial charge in [-0.2, -0.15) is 0 Å². The van der Waals surface area contributed by atoms with E-state index < -0.39 is 0 Å². The number of ether oxygens (including phenoxy) is 1. The fourth-order valence-corrected chi connectivity index (χ4v) is 3.48. The molecule has 3 rings (SSSR count). The molecular formula is C19H14Br2O2. The number of halogens is 2. The zero-order valence-corrected chi connectivity index (χ0v) is 15.6. The minimum absolute atomic E-state index is 0.305. The van der Waals surface area contributed by atoms with Crippen LogP contribution < -0.4 is 0 Å². The second kappa shape index (κ2) is 6.85. The Labute approximate surface area is 151 Å². The van der Waals surface area contributed by atoms with Gasteiger partial charge in [-0.05, 0) is 53.1 Å². The standard InChI is InChI=1S/C19H14Br2O2/c1-2-23-19(22)16-11-15-14(17(20)8-9-18(15)21)10-13(16)12-6-4-3-5-7-12/h3-11H,2H2,1H3. The van der Waals surface area contributed by atoms with Crippen molar-refractivity contribution in [1.82, 2.24) is 0 Å². The summed E-state index contributed by atoms with van der Waals surface area (Å²) in [4.78, 5) is 12.4. The van der Waals surface area contributed by atoms with Crippen LogP contribution >= 0.6 is 31.9 Å². The van der Waals surface area contributed by atoms with Crippen LogP contribution in [-0.4, -0.2) is 12.6 Å². The fraction of sp³-hybridized carbons (Fsp3) is 0.105. The van der Waals surface area contributed by atoms with E-state index in [-0.39, 0.29) is 5.97 Å². The molecule has 0 spiro atoms. The van der Waals surface area contributed by atoms with Crippen molar-refractivity contribution in [3.63, 3.8) is 0 Å². The first-order chi connectivity index (χ1) is 11.1. The Morgan fingerprint density at radius 3 is 2.17 bits per heavy atom. The van der Waals surface area contributed by atoms with Crippen LogP contribution in [0.3, 0.4) is 0 Å². The van der Waals surface area contributed by atoms with Gasteiger partial charge in [0.2, 0.25) is 0 Å². The molecule has 116 valence electrons.